The lowest BCUT2D eigenvalue weighted by atomic mass is 10.4. The van der Waals surface area contributed by atoms with E-state index in [1.807, 2.05) is 0 Å². The highest BCUT2D eigenvalue weighted by Crippen LogP contribution is 2.46. The molecule has 0 aromatic carbocycles. The van der Waals surface area contributed by atoms with Gasteiger partial charge < -0.3 is 28.9 Å². The van der Waals surface area contributed by atoms with Gasteiger partial charge >= 0.3 is 7.94 Å². The van der Waals surface area contributed by atoms with Crippen LogP contribution < -0.4 is 5.09 Å². The summed E-state index contributed by atoms with van der Waals surface area (Å²) < 4.78 is 36.7. The van der Waals surface area contributed by atoms with Crippen molar-refractivity contribution in [2.24, 2.45) is 0 Å². The minimum Gasteiger partial charge on any atom is -0.388 e. The summed E-state index contributed by atoms with van der Waals surface area (Å²) in [6.45, 7) is 5.46. The molecule has 0 fully saturated rings. The normalized spacial score (nSPS) is 15.6. The van der Waals surface area contributed by atoms with E-state index >= 15 is 0 Å². The molecule has 164 valence electrons. The van der Waals surface area contributed by atoms with Crippen molar-refractivity contribution in [3.63, 3.8) is 0 Å². The minimum absolute atomic E-state index is 0.0147. The van der Waals surface area contributed by atoms with Crippen molar-refractivity contribution in [3.05, 3.63) is 0 Å². The fraction of sp³-hybridized carbons (Fsp3) is 1.00. The highest BCUT2D eigenvalue weighted by atomic mass is 31.2. The van der Waals surface area contributed by atoms with Crippen LogP contribution in [0, 0.1) is 0 Å². The van der Waals surface area contributed by atoms with E-state index in [1.54, 1.807) is 0 Å². The molecule has 0 aliphatic rings. The second-order valence-electron chi connectivity index (χ2n) is 5.84. The second-order valence-corrected chi connectivity index (χ2v) is 9.84. The molecule has 0 radical (unpaired) electrons. The van der Waals surface area contributed by atoms with Crippen LogP contribution in [0.4, 0.5) is 0 Å². The van der Waals surface area contributed by atoms with Gasteiger partial charge in [0.05, 0.1) is 46.2 Å². The van der Waals surface area contributed by atoms with Gasteiger partial charge in [-0.25, -0.2) is 5.09 Å². The zero-order valence-corrected chi connectivity index (χ0v) is 17.8. The summed E-state index contributed by atoms with van der Waals surface area (Å²) in [6, 6.07) is 0. The van der Waals surface area contributed by atoms with Crippen LogP contribution in [0.2, 0.25) is 0 Å². The summed E-state index contributed by atoms with van der Waals surface area (Å²) in [4.78, 5) is 27.1. The van der Waals surface area contributed by atoms with E-state index < -0.39 is 21.6 Å². The van der Waals surface area contributed by atoms with E-state index in [0.29, 0.717) is 52.6 Å². The first-order valence-electron chi connectivity index (χ1n) is 8.61. The summed E-state index contributed by atoms with van der Waals surface area (Å²) in [7, 11) is -6.49. The molecule has 0 saturated heterocycles. The first kappa shape index (κ1) is 27.3. The molecule has 5 N–H and O–H groups in total. The molecule has 0 bridgehead atoms. The molecule has 2 unspecified atom stereocenters. The summed E-state index contributed by atoms with van der Waals surface area (Å²) in [5, 5.41) is 12.0. The van der Waals surface area contributed by atoms with Crippen molar-refractivity contribution in [3.8, 4) is 0 Å². The lowest BCUT2D eigenvalue weighted by Crippen LogP contribution is -2.23. The van der Waals surface area contributed by atoms with Gasteiger partial charge in [-0.3, -0.25) is 4.57 Å². The molecule has 0 heterocycles. The monoisotopic (exact) mass is 438 g/mol. The molecule has 0 spiro atoms. The van der Waals surface area contributed by atoms with Crippen molar-refractivity contribution in [2.45, 2.75) is 12.5 Å². The summed E-state index contributed by atoms with van der Waals surface area (Å²) in [5.74, 6) is 0. The van der Waals surface area contributed by atoms with Crippen LogP contribution >= 0.6 is 15.5 Å². The number of aliphatic hydroxyl groups excluding tert-OH is 1. The zero-order valence-electron chi connectivity index (χ0n) is 16.0. The Morgan fingerprint density at radius 2 is 1.41 bits per heavy atom. The molecule has 27 heavy (non-hydrogen) atoms. The molecule has 11 nitrogen and oxygen atoms in total. The second kappa shape index (κ2) is 16.1. The molecule has 0 aromatic rings. The molecule has 0 rings (SSSR count). The van der Waals surface area contributed by atoms with Gasteiger partial charge in [-0.05, 0) is 6.42 Å². The van der Waals surface area contributed by atoms with Gasteiger partial charge in [0.25, 0.3) is 7.52 Å². The van der Waals surface area contributed by atoms with Gasteiger partial charge in [0, 0.05) is 19.8 Å². The third-order valence-corrected chi connectivity index (χ3v) is 4.26. The van der Waals surface area contributed by atoms with Gasteiger partial charge in [0.2, 0.25) is 0 Å². The van der Waals surface area contributed by atoms with Gasteiger partial charge in [-0.2, -0.15) is 14.3 Å². The summed E-state index contributed by atoms with van der Waals surface area (Å²) in [6.07, 6.45) is -0.290. The van der Waals surface area contributed by atoms with Gasteiger partial charge in [0.15, 0.2) is 0 Å². The fourth-order valence-electron chi connectivity index (χ4n) is 1.62. The number of hydrogen-bond donors (Lipinski definition) is 5. The SMILES string of the molecule is CP(=O)(O)NCCCOCCOCCOCCOCC(O)CO[P+](C)(O)O. The topological polar surface area (TPSA) is 156 Å². The largest absolute Gasteiger partial charge is 0.403 e. The number of aliphatic hydroxyl groups is 1. The Balaban J connectivity index is 3.20. The van der Waals surface area contributed by atoms with E-state index in [0.717, 1.165) is 6.66 Å². The smallest absolute Gasteiger partial charge is 0.388 e. The molecule has 0 aliphatic heterocycles. The molecule has 0 amide bonds. The van der Waals surface area contributed by atoms with Crippen LogP contribution in [0.15, 0.2) is 0 Å². The molecular formula is C14H34NO10P2+. The van der Waals surface area contributed by atoms with E-state index in [9.17, 15) is 9.67 Å². The van der Waals surface area contributed by atoms with E-state index in [4.69, 9.17) is 33.6 Å². The Bertz CT molecular complexity index is 391. The Labute approximate surface area is 161 Å². The van der Waals surface area contributed by atoms with Crippen LogP contribution in [0.1, 0.15) is 6.42 Å². The maximum atomic E-state index is 11.0. The van der Waals surface area contributed by atoms with Crippen LogP contribution in [0.25, 0.3) is 0 Å². The van der Waals surface area contributed by atoms with Gasteiger partial charge in [0.1, 0.15) is 19.4 Å². The standard InChI is InChI=1S/C14H33NO10P2/c1-26(17,18)15-4-3-5-21-6-7-22-8-9-23-10-11-24-12-14(16)13-25-27(2,19)20/h14,16,19-20H,3-13H2,1-2H3,(H-,15,17,18)/p+1. The molecule has 0 aliphatic carbocycles. The Hall–Kier alpha value is 0.260. The Morgan fingerprint density at radius 1 is 0.926 bits per heavy atom. The summed E-state index contributed by atoms with van der Waals surface area (Å²) in [5.41, 5.74) is 0. The van der Waals surface area contributed by atoms with Gasteiger partial charge in [-0.15, -0.1) is 0 Å². The molecule has 0 saturated carbocycles. The van der Waals surface area contributed by atoms with Crippen LogP contribution in [0.5, 0.6) is 0 Å². The van der Waals surface area contributed by atoms with Crippen molar-refractivity contribution < 1.29 is 47.8 Å². The first-order chi connectivity index (χ1) is 12.6. The minimum atomic E-state index is -3.33. The third kappa shape index (κ3) is 24.2. The fourth-order valence-corrected chi connectivity index (χ4v) is 2.64. The Kier molecular flexibility index (Phi) is 16.3. The van der Waals surface area contributed by atoms with Crippen molar-refractivity contribution in [1.29, 1.82) is 0 Å². The number of hydrogen-bond acceptors (Lipinski definition) is 9. The van der Waals surface area contributed by atoms with Crippen LogP contribution in [-0.4, -0.2) is 105 Å². The first-order valence-corrected chi connectivity index (χ1v) is 12.8. The van der Waals surface area contributed by atoms with E-state index in [2.05, 4.69) is 9.61 Å². The van der Waals surface area contributed by atoms with Gasteiger partial charge in [-0.1, -0.05) is 0 Å². The van der Waals surface area contributed by atoms with Crippen molar-refractivity contribution in [2.75, 3.05) is 79.3 Å². The maximum absolute atomic E-state index is 11.0. The predicted octanol–water partition coefficient (Wildman–Crippen LogP) is -0.398. The average Bonchev–Trinajstić information content (AvgIpc) is 2.55. The highest BCUT2D eigenvalue weighted by Gasteiger charge is 2.28. The lowest BCUT2D eigenvalue weighted by Gasteiger charge is -2.12. The van der Waals surface area contributed by atoms with Crippen LogP contribution in [-0.2, 0) is 28.0 Å². The predicted molar refractivity (Wildman–Crippen MR) is 101 cm³/mol. The third-order valence-electron chi connectivity index (χ3n) is 2.81. The van der Waals surface area contributed by atoms with Crippen molar-refractivity contribution in [1.82, 2.24) is 5.09 Å². The van der Waals surface area contributed by atoms with Crippen LogP contribution in [0.3, 0.4) is 0 Å². The highest BCUT2D eigenvalue weighted by molar-refractivity contribution is 7.58. The maximum Gasteiger partial charge on any atom is 0.403 e. The zero-order chi connectivity index (χ0) is 20.6. The summed E-state index contributed by atoms with van der Waals surface area (Å²) >= 11 is 0. The molecule has 13 heteroatoms. The average molecular weight is 438 g/mol. The molecule has 0 aromatic heterocycles. The number of rotatable bonds is 19. The molecular weight excluding hydrogens is 404 g/mol. The molecule has 2 atom stereocenters. The number of ether oxygens (including phenoxy) is 4. The lowest BCUT2D eigenvalue weighted by molar-refractivity contribution is -0.0257. The quantitative estimate of drug-likeness (QED) is 0.132. The number of nitrogens with one attached hydrogen (secondary N) is 1. The van der Waals surface area contributed by atoms with E-state index in [-0.39, 0.29) is 19.8 Å². The Morgan fingerprint density at radius 3 is 1.89 bits per heavy atom. The van der Waals surface area contributed by atoms with Crippen molar-refractivity contribution >= 4 is 15.5 Å². The van der Waals surface area contributed by atoms with E-state index in [1.165, 1.54) is 6.66 Å².